The number of rotatable bonds is 7. The van der Waals surface area contributed by atoms with Gasteiger partial charge in [0.1, 0.15) is 17.6 Å². The number of nitrogens with zero attached hydrogens (tertiary/aromatic N) is 1. The van der Waals surface area contributed by atoms with Gasteiger partial charge >= 0.3 is 0 Å². The van der Waals surface area contributed by atoms with Gasteiger partial charge in [-0.2, -0.15) is 0 Å². The highest BCUT2D eigenvalue weighted by atomic mass is 35.5. The number of halogens is 1. The summed E-state index contributed by atoms with van der Waals surface area (Å²) in [4.78, 5) is 26.7. The van der Waals surface area contributed by atoms with E-state index in [2.05, 4.69) is 5.32 Å². The number of ether oxygens (including phenoxy) is 2. The quantitative estimate of drug-likeness (QED) is 0.742. The summed E-state index contributed by atoms with van der Waals surface area (Å²) in [5.74, 6) is 1.06. The minimum Gasteiger partial charge on any atom is -0.494 e. The van der Waals surface area contributed by atoms with E-state index in [4.69, 9.17) is 21.1 Å². The molecule has 1 atom stereocenters. The molecule has 0 bridgehead atoms. The molecular weight excluding hydrogens is 392 g/mol. The number of hydrogen-bond donors (Lipinski definition) is 1. The summed E-state index contributed by atoms with van der Waals surface area (Å²) in [6.45, 7) is 5.16. The van der Waals surface area contributed by atoms with E-state index in [1.165, 1.54) is 0 Å². The van der Waals surface area contributed by atoms with E-state index in [0.717, 1.165) is 11.3 Å². The van der Waals surface area contributed by atoms with Crippen LogP contribution in [0.4, 0.5) is 5.69 Å². The fourth-order valence-electron chi connectivity index (χ4n) is 3.23. The lowest BCUT2D eigenvalue weighted by molar-refractivity contribution is -0.125. The lowest BCUT2D eigenvalue weighted by Gasteiger charge is -2.33. The first-order valence-electron chi connectivity index (χ1n) is 9.72. The van der Waals surface area contributed by atoms with Crippen LogP contribution in [0.25, 0.3) is 0 Å². The molecule has 1 aliphatic rings. The maximum Gasteiger partial charge on any atom is 0.227 e. The molecule has 0 fully saturated rings. The highest BCUT2D eigenvalue weighted by Gasteiger charge is 2.28. The molecule has 0 unspecified atom stereocenters. The maximum absolute atomic E-state index is 12.8. The first-order valence-corrected chi connectivity index (χ1v) is 10.1. The van der Waals surface area contributed by atoms with Crippen molar-refractivity contribution in [2.75, 3.05) is 18.1 Å². The molecule has 154 valence electrons. The smallest absolute Gasteiger partial charge is 0.227 e. The summed E-state index contributed by atoms with van der Waals surface area (Å²) in [6.07, 6.45) is 0.0889. The molecule has 0 spiro atoms. The van der Waals surface area contributed by atoms with E-state index in [1.54, 1.807) is 23.1 Å². The van der Waals surface area contributed by atoms with E-state index in [1.807, 2.05) is 38.1 Å². The van der Waals surface area contributed by atoms with Crippen molar-refractivity contribution in [1.29, 1.82) is 0 Å². The molecule has 0 aliphatic carbocycles. The summed E-state index contributed by atoms with van der Waals surface area (Å²) < 4.78 is 11.3. The van der Waals surface area contributed by atoms with Gasteiger partial charge in [0.25, 0.3) is 0 Å². The summed E-state index contributed by atoms with van der Waals surface area (Å²) in [5.41, 5.74) is 1.55. The van der Waals surface area contributed by atoms with Crippen molar-refractivity contribution >= 4 is 29.1 Å². The van der Waals surface area contributed by atoms with Crippen LogP contribution in [0.5, 0.6) is 11.5 Å². The highest BCUT2D eigenvalue weighted by Crippen LogP contribution is 2.36. The van der Waals surface area contributed by atoms with E-state index >= 15 is 0 Å². The van der Waals surface area contributed by atoms with E-state index in [9.17, 15) is 9.59 Å². The Kier molecular flexibility index (Phi) is 6.99. The summed E-state index contributed by atoms with van der Waals surface area (Å²) in [6, 6.07) is 12.8. The fraction of sp³-hybridized carbons (Fsp3) is 0.364. The van der Waals surface area contributed by atoms with Gasteiger partial charge in [0.05, 0.1) is 18.8 Å². The molecule has 2 aromatic carbocycles. The van der Waals surface area contributed by atoms with Crippen LogP contribution in [-0.4, -0.2) is 31.1 Å². The average molecular weight is 417 g/mol. The third kappa shape index (κ3) is 5.41. The Morgan fingerprint density at radius 1 is 1.24 bits per heavy atom. The molecule has 3 rings (SSSR count). The molecule has 2 amide bonds. The van der Waals surface area contributed by atoms with Crippen molar-refractivity contribution in [3.05, 3.63) is 53.1 Å². The van der Waals surface area contributed by atoms with Crippen molar-refractivity contribution < 1.29 is 19.1 Å². The van der Waals surface area contributed by atoms with Crippen LogP contribution in [-0.2, 0) is 16.1 Å². The van der Waals surface area contributed by atoms with Crippen molar-refractivity contribution in [1.82, 2.24) is 5.32 Å². The zero-order chi connectivity index (χ0) is 20.8. The molecule has 0 saturated heterocycles. The third-order valence-corrected chi connectivity index (χ3v) is 4.83. The number of benzene rings is 2. The number of carbonyl (C=O) groups is 2. The molecule has 1 N–H and O–H groups in total. The molecule has 0 saturated carbocycles. The summed E-state index contributed by atoms with van der Waals surface area (Å²) >= 11 is 6.08. The molecule has 2 aromatic rings. The lowest BCUT2D eigenvalue weighted by Crippen LogP contribution is -2.42. The normalized spacial score (nSPS) is 15.3. The summed E-state index contributed by atoms with van der Waals surface area (Å²) in [5, 5.41) is 3.39. The maximum atomic E-state index is 12.8. The SMILES string of the molecule is CCOc1ccccc1CNC(=O)CCC(=O)N1C[C@H](C)Oc2ccc(Cl)cc21. The number of anilines is 1. The minimum absolute atomic E-state index is 0.108. The van der Waals surface area contributed by atoms with E-state index in [-0.39, 0.29) is 30.8 Å². The Morgan fingerprint density at radius 3 is 2.83 bits per heavy atom. The van der Waals surface area contributed by atoms with Gasteiger partial charge in [0.15, 0.2) is 0 Å². The Bertz CT molecular complexity index is 887. The van der Waals surface area contributed by atoms with Crippen LogP contribution in [0.1, 0.15) is 32.3 Å². The van der Waals surface area contributed by atoms with Crippen LogP contribution in [0.2, 0.25) is 5.02 Å². The fourth-order valence-corrected chi connectivity index (χ4v) is 3.40. The monoisotopic (exact) mass is 416 g/mol. The van der Waals surface area contributed by atoms with Crippen molar-refractivity contribution in [3.63, 3.8) is 0 Å². The van der Waals surface area contributed by atoms with Crippen LogP contribution in [0.15, 0.2) is 42.5 Å². The lowest BCUT2D eigenvalue weighted by atomic mass is 10.1. The number of hydrogen-bond acceptors (Lipinski definition) is 4. The van der Waals surface area contributed by atoms with E-state index < -0.39 is 0 Å². The zero-order valence-corrected chi connectivity index (χ0v) is 17.4. The minimum atomic E-state index is -0.183. The Balaban J connectivity index is 1.56. The van der Waals surface area contributed by atoms with Gasteiger partial charge in [0.2, 0.25) is 11.8 Å². The van der Waals surface area contributed by atoms with Crippen LogP contribution < -0.4 is 19.7 Å². The second-order valence-corrected chi connectivity index (χ2v) is 7.30. The molecular formula is C22H25ClN2O4. The molecule has 1 heterocycles. The number of para-hydroxylation sites is 1. The number of carbonyl (C=O) groups excluding carboxylic acids is 2. The van der Waals surface area contributed by atoms with Gasteiger partial charge in [-0.15, -0.1) is 0 Å². The zero-order valence-electron chi connectivity index (χ0n) is 16.6. The first kappa shape index (κ1) is 21.0. The molecule has 7 heteroatoms. The Hall–Kier alpha value is -2.73. The average Bonchev–Trinajstić information content (AvgIpc) is 2.71. The third-order valence-electron chi connectivity index (χ3n) is 4.60. The standard InChI is InChI=1S/C22H25ClN2O4/c1-3-28-19-7-5-4-6-16(19)13-24-21(26)10-11-22(27)25-14-15(2)29-20-9-8-17(23)12-18(20)25/h4-9,12,15H,3,10-11,13-14H2,1-2H3,(H,24,26)/t15-/m0/s1. The van der Waals surface area contributed by atoms with Crippen molar-refractivity contribution in [2.45, 2.75) is 39.3 Å². The summed E-state index contributed by atoms with van der Waals surface area (Å²) in [7, 11) is 0. The molecule has 1 aliphatic heterocycles. The van der Waals surface area contributed by atoms with Crippen LogP contribution in [0.3, 0.4) is 0 Å². The van der Waals surface area contributed by atoms with Gasteiger partial charge < -0.3 is 19.7 Å². The van der Waals surface area contributed by atoms with Crippen LogP contribution in [0, 0.1) is 0 Å². The molecule has 29 heavy (non-hydrogen) atoms. The largest absolute Gasteiger partial charge is 0.494 e. The van der Waals surface area contributed by atoms with Crippen molar-refractivity contribution in [3.8, 4) is 11.5 Å². The molecule has 6 nitrogen and oxygen atoms in total. The number of fused-ring (bicyclic) bond motifs is 1. The van der Waals surface area contributed by atoms with Gasteiger partial charge in [-0.25, -0.2) is 0 Å². The first-order chi connectivity index (χ1) is 14.0. The second kappa shape index (κ2) is 9.65. The van der Waals surface area contributed by atoms with E-state index in [0.29, 0.717) is 36.2 Å². The molecule has 0 radical (unpaired) electrons. The second-order valence-electron chi connectivity index (χ2n) is 6.86. The van der Waals surface area contributed by atoms with Gasteiger partial charge in [-0.05, 0) is 38.1 Å². The number of nitrogens with one attached hydrogen (secondary N) is 1. The predicted molar refractivity (Wildman–Crippen MR) is 113 cm³/mol. The van der Waals surface area contributed by atoms with Gasteiger partial charge in [0, 0.05) is 30.0 Å². The van der Waals surface area contributed by atoms with Gasteiger partial charge in [-0.1, -0.05) is 29.8 Å². The molecule has 0 aromatic heterocycles. The van der Waals surface area contributed by atoms with Crippen LogP contribution >= 0.6 is 11.6 Å². The number of amides is 2. The topological polar surface area (TPSA) is 67.9 Å². The highest BCUT2D eigenvalue weighted by molar-refractivity contribution is 6.31. The van der Waals surface area contributed by atoms with Crippen molar-refractivity contribution in [2.24, 2.45) is 0 Å². The predicted octanol–water partition coefficient (Wildman–Crippen LogP) is 3.95. The Labute approximate surface area is 175 Å². The Morgan fingerprint density at radius 2 is 2.03 bits per heavy atom. The van der Waals surface area contributed by atoms with Gasteiger partial charge in [-0.3, -0.25) is 9.59 Å².